The van der Waals surface area contributed by atoms with E-state index in [1.807, 2.05) is 54.2 Å². The molecule has 0 spiro atoms. The van der Waals surface area contributed by atoms with E-state index >= 15 is 0 Å². The minimum absolute atomic E-state index is 0.595. The lowest BCUT2D eigenvalue weighted by atomic mass is 10.2. The number of nitrogens with zero attached hydrogens (tertiary/aromatic N) is 3. The Hall–Kier alpha value is -3.41. The predicted octanol–water partition coefficient (Wildman–Crippen LogP) is 4.42. The number of imidazole rings is 1. The molecule has 0 bridgehead atoms. The summed E-state index contributed by atoms with van der Waals surface area (Å²) in [5, 5.41) is 0. The summed E-state index contributed by atoms with van der Waals surface area (Å²) in [5.41, 5.74) is 1.16. The van der Waals surface area contributed by atoms with Gasteiger partial charge < -0.3 is 23.7 Å². The number of aryl methyl sites for hydroxylation is 1. The average molecular weight is 408 g/mol. The van der Waals surface area contributed by atoms with Crippen LogP contribution in [0.3, 0.4) is 0 Å². The van der Waals surface area contributed by atoms with E-state index < -0.39 is 0 Å². The maximum atomic E-state index is 5.90. The summed E-state index contributed by atoms with van der Waals surface area (Å²) in [6.07, 6.45) is 4.52. The molecule has 0 saturated heterocycles. The van der Waals surface area contributed by atoms with Crippen molar-refractivity contribution in [3.8, 4) is 17.2 Å². The lowest BCUT2D eigenvalue weighted by Crippen LogP contribution is -2.24. The normalized spacial score (nSPS) is 10.5. The molecule has 3 aromatic rings. The summed E-state index contributed by atoms with van der Waals surface area (Å²) in [6.45, 7) is 8.26. The molecular formula is C24H29N3O3. The van der Waals surface area contributed by atoms with E-state index in [-0.39, 0.29) is 0 Å². The molecule has 30 heavy (non-hydrogen) atoms. The molecule has 0 fully saturated rings. The van der Waals surface area contributed by atoms with Crippen LogP contribution in [0.25, 0.3) is 0 Å². The maximum absolute atomic E-state index is 5.90. The Kier molecular flexibility index (Phi) is 7.38. The summed E-state index contributed by atoms with van der Waals surface area (Å²) >= 11 is 0. The van der Waals surface area contributed by atoms with Crippen LogP contribution in [0, 0.1) is 0 Å². The molecule has 0 unspecified atom stereocenters. The van der Waals surface area contributed by atoms with Gasteiger partial charge in [0.2, 0.25) is 0 Å². The van der Waals surface area contributed by atoms with Gasteiger partial charge in [-0.3, -0.25) is 0 Å². The summed E-state index contributed by atoms with van der Waals surface area (Å²) in [4.78, 5) is 6.39. The molecule has 1 heterocycles. The fourth-order valence-electron chi connectivity index (χ4n) is 3.03. The zero-order valence-electron chi connectivity index (χ0n) is 17.9. The van der Waals surface area contributed by atoms with Crippen molar-refractivity contribution in [1.82, 2.24) is 14.5 Å². The Morgan fingerprint density at radius 2 is 1.70 bits per heavy atom. The SMILES string of the molecule is C=C(Oc1ccc(OC)cc1)N(CC)Cc1ccc(OCCc2nccn2C)cc1. The van der Waals surface area contributed by atoms with Crippen molar-refractivity contribution < 1.29 is 14.2 Å². The quantitative estimate of drug-likeness (QED) is 0.440. The van der Waals surface area contributed by atoms with Gasteiger partial charge in [-0.15, -0.1) is 0 Å². The number of hydrogen-bond donors (Lipinski definition) is 0. The van der Waals surface area contributed by atoms with Crippen molar-refractivity contribution in [1.29, 1.82) is 0 Å². The van der Waals surface area contributed by atoms with Gasteiger partial charge in [-0.1, -0.05) is 12.1 Å². The van der Waals surface area contributed by atoms with Gasteiger partial charge >= 0.3 is 0 Å². The van der Waals surface area contributed by atoms with Crippen LogP contribution in [0.1, 0.15) is 18.3 Å². The lowest BCUT2D eigenvalue weighted by Gasteiger charge is -2.25. The van der Waals surface area contributed by atoms with Crippen LogP contribution in [-0.4, -0.2) is 34.7 Å². The minimum atomic E-state index is 0.595. The first kappa shape index (κ1) is 21.3. The Morgan fingerprint density at radius 1 is 1.03 bits per heavy atom. The first-order chi connectivity index (χ1) is 14.6. The van der Waals surface area contributed by atoms with Crippen molar-refractivity contribution in [3.05, 3.63) is 84.8 Å². The second kappa shape index (κ2) is 10.4. The topological polar surface area (TPSA) is 48.8 Å². The van der Waals surface area contributed by atoms with Crippen molar-refractivity contribution in [2.75, 3.05) is 20.3 Å². The van der Waals surface area contributed by atoms with E-state index in [9.17, 15) is 0 Å². The third kappa shape index (κ3) is 5.80. The molecule has 0 amide bonds. The number of aromatic nitrogens is 2. The Balaban J connectivity index is 1.50. The Morgan fingerprint density at radius 3 is 2.30 bits per heavy atom. The summed E-state index contributed by atoms with van der Waals surface area (Å²) in [7, 11) is 3.63. The van der Waals surface area contributed by atoms with Gasteiger partial charge in [-0.05, 0) is 55.5 Å². The third-order valence-corrected chi connectivity index (χ3v) is 4.84. The standard InChI is InChI=1S/C24H29N3O3/c1-5-27(19(2)30-23-12-10-21(28-4)11-13-23)18-20-6-8-22(9-7-20)29-17-14-24-25-15-16-26(24)3/h6-13,15-16H,2,5,14,17-18H2,1,3-4H3. The van der Waals surface area contributed by atoms with Gasteiger partial charge in [0.1, 0.15) is 23.1 Å². The number of ether oxygens (including phenoxy) is 3. The molecule has 0 atom stereocenters. The fraction of sp³-hybridized carbons (Fsp3) is 0.292. The van der Waals surface area contributed by atoms with Crippen LogP contribution in [0.2, 0.25) is 0 Å². The largest absolute Gasteiger partial charge is 0.497 e. The molecule has 0 N–H and O–H groups in total. The van der Waals surface area contributed by atoms with Gasteiger partial charge in [-0.25, -0.2) is 4.98 Å². The zero-order chi connectivity index (χ0) is 21.3. The van der Waals surface area contributed by atoms with E-state index in [1.54, 1.807) is 13.3 Å². The highest BCUT2D eigenvalue weighted by molar-refractivity contribution is 5.32. The first-order valence-corrected chi connectivity index (χ1v) is 10.0. The zero-order valence-corrected chi connectivity index (χ0v) is 17.9. The van der Waals surface area contributed by atoms with Gasteiger partial charge in [0.15, 0.2) is 5.88 Å². The molecule has 0 radical (unpaired) electrons. The highest BCUT2D eigenvalue weighted by Crippen LogP contribution is 2.21. The number of rotatable bonds is 11. The average Bonchev–Trinajstić information content (AvgIpc) is 3.18. The van der Waals surface area contributed by atoms with E-state index in [0.29, 0.717) is 19.0 Å². The van der Waals surface area contributed by atoms with Crippen molar-refractivity contribution in [2.45, 2.75) is 19.9 Å². The van der Waals surface area contributed by atoms with Crippen molar-refractivity contribution in [2.24, 2.45) is 7.05 Å². The predicted molar refractivity (Wildman–Crippen MR) is 118 cm³/mol. The third-order valence-electron chi connectivity index (χ3n) is 4.84. The molecule has 0 aliphatic heterocycles. The fourth-order valence-corrected chi connectivity index (χ4v) is 3.03. The summed E-state index contributed by atoms with van der Waals surface area (Å²) in [6, 6.07) is 15.6. The first-order valence-electron chi connectivity index (χ1n) is 10.0. The molecule has 6 heteroatoms. The van der Waals surface area contributed by atoms with Crippen LogP contribution in [0.15, 0.2) is 73.4 Å². The Labute approximate surface area is 178 Å². The van der Waals surface area contributed by atoms with E-state index in [1.165, 1.54) is 0 Å². The van der Waals surface area contributed by atoms with E-state index in [4.69, 9.17) is 14.2 Å². The lowest BCUT2D eigenvalue weighted by molar-refractivity contribution is 0.218. The van der Waals surface area contributed by atoms with Crippen LogP contribution in [-0.2, 0) is 20.0 Å². The van der Waals surface area contributed by atoms with Crippen LogP contribution in [0.5, 0.6) is 17.2 Å². The number of hydrogen-bond acceptors (Lipinski definition) is 5. The maximum Gasteiger partial charge on any atom is 0.189 e. The number of benzene rings is 2. The van der Waals surface area contributed by atoms with Gasteiger partial charge in [0.05, 0.1) is 13.7 Å². The van der Waals surface area contributed by atoms with Gasteiger partial charge in [-0.2, -0.15) is 0 Å². The Bertz CT molecular complexity index is 933. The highest BCUT2D eigenvalue weighted by Gasteiger charge is 2.09. The van der Waals surface area contributed by atoms with Crippen molar-refractivity contribution in [3.63, 3.8) is 0 Å². The molecule has 0 saturated carbocycles. The minimum Gasteiger partial charge on any atom is -0.497 e. The summed E-state index contributed by atoms with van der Waals surface area (Å²) in [5.74, 6) is 4.00. The highest BCUT2D eigenvalue weighted by atomic mass is 16.5. The van der Waals surface area contributed by atoms with E-state index in [0.717, 1.165) is 41.6 Å². The van der Waals surface area contributed by atoms with Crippen LogP contribution in [0.4, 0.5) is 0 Å². The molecule has 2 aromatic carbocycles. The van der Waals surface area contributed by atoms with E-state index in [2.05, 4.69) is 35.5 Å². The molecule has 1 aromatic heterocycles. The molecule has 158 valence electrons. The van der Waals surface area contributed by atoms with Gasteiger partial charge in [0.25, 0.3) is 0 Å². The monoisotopic (exact) mass is 407 g/mol. The molecular weight excluding hydrogens is 378 g/mol. The smallest absolute Gasteiger partial charge is 0.189 e. The van der Waals surface area contributed by atoms with Crippen molar-refractivity contribution >= 4 is 0 Å². The number of methoxy groups -OCH3 is 1. The molecule has 0 aliphatic carbocycles. The molecule has 6 nitrogen and oxygen atoms in total. The van der Waals surface area contributed by atoms with Gasteiger partial charge in [0, 0.05) is 39.0 Å². The molecule has 0 aliphatic rings. The molecule has 3 rings (SSSR count). The second-order valence-corrected chi connectivity index (χ2v) is 6.88. The second-order valence-electron chi connectivity index (χ2n) is 6.88. The summed E-state index contributed by atoms with van der Waals surface area (Å²) < 4.78 is 18.9. The van der Waals surface area contributed by atoms with Crippen LogP contribution >= 0.6 is 0 Å². The van der Waals surface area contributed by atoms with Crippen LogP contribution < -0.4 is 14.2 Å².